The quantitative estimate of drug-likeness (QED) is 0.673. The molecule has 0 fully saturated rings. The molecule has 1 atom stereocenters. The van der Waals surface area contributed by atoms with E-state index in [-0.39, 0.29) is 11.3 Å². The van der Waals surface area contributed by atoms with Crippen LogP contribution < -0.4 is 0 Å². The van der Waals surface area contributed by atoms with E-state index < -0.39 is 11.0 Å². The highest BCUT2D eigenvalue weighted by Gasteiger charge is 2.23. The van der Waals surface area contributed by atoms with Gasteiger partial charge in [0.05, 0.1) is 27.6 Å². The molecule has 98 valence electrons. The summed E-state index contributed by atoms with van der Waals surface area (Å²) in [6.07, 6.45) is 0.430. The van der Waals surface area contributed by atoms with Gasteiger partial charge in [0.1, 0.15) is 6.10 Å². The lowest BCUT2D eigenvalue weighted by Crippen LogP contribution is -2.09. The molecule has 0 aliphatic rings. The maximum atomic E-state index is 11.0. The lowest BCUT2D eigenvalue weighted by Gasteiger charge is -2.13. The highest BCUT2D eigenvalue weighted by Crippen LogP contribution is 2.29. The van der Waals surface area contributed by atoms with Crippen LogP contribution in [0.3, 0.4) is 0 Å². The van der Waals surface area contributed by atoms with Crippen molar-refractivity contribution in [2.45, 2.75) is 20.0 Å². The van der Waals surface area contributed by atoms with Crippen LogP contribution in [0.25, 0.3) is 0 Å². The van der Waals surface area contributed by atoms with Crippen LogP contribution in [0.2, 0.25) is 0 Å². The van der Waals surface area contributed by atoms with Crippen molar-refractivity contribution in [1.29, 1.82) is 0 Å². The van der Waals surface area contributed by atoms with E-state index in [0.29, 0.717) is 17.1 Å². The Kier molecular flexibility index (Phi) is 3.52. The highest BCUT2D eigenvalue weighted by atomic mass is 16.6. The molecule has 0 amide bonds. The zero-order valence-electron chi connectivity index (χ0n) is 10.6. The summed E-state index contributed by atoms with van der Waals surface area (Å²) in [5.41, 5.74) is 1.64. The minimum atomic E-state index is -1.16. The molecule has 1 heterocycles. The zero-order valence-corrected chi connectivity index (χ0v) is 10.6. The third kappa shape index (κ3) is 2.58. The number of hydrogen-bond acceptors (Lipinski definition) is 5. The van der Waals surface area contributed by atoms with Crippen LogP contribution in [0.5, 0.6) is 0 Å². The molecule has 2 aromatic rings. The maximum Gasteiger partial charge on any atom is 0.275 e. The van der Waals surface area contributed by atoms with Gasteiger partial charge in [-0.05, 0) is 19.9 Å². The summed E-state index contributed by atoms with van der Waals surface area (Å²) in [4.78, 5) is 18.8. The van der Waals surface area contributed by atoms with Crippen molar-refractivity contribution in [1.82, 2.24) is 9.97 Å². The summed E-state index contributed by atoms with van der Waals surface area (Å²) in [7, 11) is 0. The molecular weight excluding hydrogens is 246 g/mol. The Morgan fingerprint density at radius 3 is 2.68 bits per heavy atom. The van der Waals surface area contributed by atoms with Gasteiger partial charge in [0, 0.05) is 12.3 Å². The Balaban J connectivity index is 2.53. The number of nitro benzene ring substituents is 1. The summed E-state index contributed by atoms with van der Waals surface area (Å²) in [6.45, 7) is 3.46. The van der Waals surface area contributed by atoms with Gasteiger partial charge in [-0.2, -0.15) is 0 Å². The summed E-state index contributed by atoms with van der Waals surface area (Å²) in [5.74, 6) is 0. The summed E-state index contributed by atoms with van der Waals surface area (Å²) < 4.78 is 0. The van der Waals surface area contributed by atoms with Crippen LogP contribution >= 0.6 is 0 Å². The van der Waals surface area contributed by atoms with Crippen molar-refractivity contribution in [2.75, 3.05) is 0 Å². The fraction of sp³-hybridized carbons (Fsp3) is 0.231. The van der Waals surface area contributed by atoms with Crippen molar-refractivity contribution in [2.24, 2.45) is 0 Å². The second-order valence-corrected chi connectivity index (χ2v) is 4.20. The molecule has 19 heavy (non-hydrogen) atoms. The molecule has 0 unspecified atom stereocenters. The van der Waals surface area contributed by atoms with Gasteiger partial charge >= 0.3 is 0 Å². The van der Waals surface area contributed by atoms with E-state index in [4.69, 9.17) is 0 Å². The number of aryl methyl sites for hydroxylation is 2. The SMILES string of the molecule is Cc1cnc(C)c([C@@H](O)c2ccccc2[N+](=O)[O-])n1. The van der Waals surface area contributed by atoms with Crippen molar-refractivity contribution in [3.63, 3.8) is 0 Å². The topological polar surface area (TPSA) is 89.2 Å². The number of hydrogen-bond donors (Lipinski definition) is 1. The summed E-state index contributed by atoms with van der Waals surface area (Å²) in [6, 6.07) is 6.08. The molecular formula is C13H13N3O3. The first kappa shape index (κ1) is 13.1. The van der Waals surface area contributed by atoms with E-state index in [1.165, 1.54) is 12.1 Å². The Morgan fingerprint density at radius 2 is 2.00 bits per heavy atom. The van der Waals surface area contributed by atoms with Crippen molar-refractivity contribution >= 4 is 5.69 Å². The largest absolute Gasteiger partial charge is 0.382 e. The first-order chi connectivity index (χ1) is 9.00. The average Bonchev–Trinajstić information content (AvgIpc) is 2.40. The Labute approximate surface area is 109 Å². The van der Waals surface area contributed by atoms with Crippen LogP contribution in [0.1, 0.15) is 28.7 Å². The number of nitro groups is 1. The Hall–Kier alpha value is -2.34. The molecule has 2 rings (SSSR count). The summed E-state index contributed by atoms with van der Waals surface area (Å²) >= 11 is 0. The van der Waals surface area contributed by atoms with Crippen LogP contribution in [0, 0.1) is 24.0 Å². The predicted molar refractivity (Wildman–Crippen MR) is 68.7 cm³/mol. The molecule has 0 bridgehead atoms. The monoisotopic (exact) mass is 259 g/mol. The van der Waals surface area contributed by atoms with Gasteiger partial charge in [-0.3, -0.25) is 20.1 Å². The normalized spacial score (nSPS) is 12.2. The van der Waals surface area contributed by atoms with E-state index >= 15 is 0 Å². The number of aliphatic hydroxyl groups excluding tert-OH is 1. The number of rotatable bonds is 3. The van der Waals surface area contributed by atoms with Gasteiger partial charge in [0.2, 0.25) is 0 Å². The Bertz CT molecular complexity index is 628. The average molecular weight is 259 g/mol. The molecule has 1 aromatic carbocycles. The van der Waals surface area contributed by atoms with Crippen LogP contribution in [-0.4, -0.2) is 20.0 Å². The molecule has 0 radical (unpaired) electrons. The number of para-hydroxylation sites is 1. The molecule has 6 nitrogen and oxygen atoms in total. The highest BCUT2D eigenvalue weighted by molar-refractivity contribution is 5.44. The zero-order chi connectivity index (χ0) is 14.0. The van der Waals surface area contributed by atoms with Crippen molar-refractivity contribution in [3.05, 3.63) is 63.2 Å². The van der Waals surface area contributed by atoms with Gasteiger partial charge in [0.15, 0.2) is 0 Å². The maximum absolute atomic E-state index is 11.0. The van der Waals surface area contributed by atoms with E-state index in [2.05, 4.69) is 9.97 Å². The van der Waals surface area contributed by atoms with Crippen LogP contribution in [0.4, 0.5) is 5.69 Å². The molecule has 1 N–H and O–H groups in total. The smallest absolute Gasteiger partial charge is 0.275 e. The fourth-order valence-electron chi connectivity index (χ4n) is 1.85. The van der Waals surface area contributed by atoms with Crippen LogP contribution in [0.15, 0.2) is 30.5 Å². The molecule has 0 aliphatic carbocycles. The van der Waals surface area contributed by atoms with Gasteiger partial charge in [-0.15, -0.1) is 0 Å². The molecule has 6 heteroatoms. The van der Waals surface area contributed by atoms with Gasteiger partial charge in [-0.25, -0.2) is 0 Å². The van der Waals surface area contributed by atoms with E-state index in [1.54, 1.807) is 32.2 Å². The molecule has 1 aromatic heterocycles. The summed E-state index contributed by atoms with van der Waals surface area (Å²) in [5, 5.41) is 21.3. The number of benzene rings is 1. The second kappa shape index (κ2) is 5.11. The second-order valence-electron chi connectivity index (χ2n) is 4.20. The molecule has 0 saturated carbocycles. The van der Waals surface area contributed by atoms with E-state index in [9.17, 15) is 15.2 Å². The van der Waals surface area contributed by atoms with Gasteiger partial charge < -0.3 is 5.11 Å². The van der Waals surface area contributed by atoms with Gasteiger partial charge in [0.25, 0.3) is 5.69 Å². The standard InChI is InChI=1S/C13H13N3O3/c1-8-7-14-9(2)12(15-8)13(17)10-5-3-4-6-11(10)16(18)19/h3-7,13,17H,1-2H3/t13-/m0/s1. The predicted octanol–water partition coefficient (Wildman–Crippen LogP) is 2.08. The number of nitrogens with zero attached hydrogens (tertiary/aromatic N) is 3. The number of aromatic nitrogens is 2. The third-order valence-corrected chi connectivity index (χ3v) is 2.80. The lowest BCUT2D eigenvalue weighted by atomic mass is 10.0. The van der Waals surface area contributed by atoms with Crippen LogP contribution in [-0.2, 0) is 0 Å². The molecule has 0 aliphatic heterocycles. The van der Waals surface area contributed by atoms with E-state index in [1.807, 2.05) is 0 Å². The van der Waals surface area contributed by atoms with Gasteiger partial charge in [-0.1, -0.05) is 12.1 Å². The third-order valence-electron chi connectivity index (χ3n) is 2.80. The minimum Gasteiger partial charge on any atom is -0.382 e. The van der Waals surface area contributed by atoms with E-state index in [0.717, 1.165) is 0 Å². The molecule has 0 saturated heterocycles. The van der Waals surface area contributed by atoms with Crippen molar-refractivity contribution < 1.29 is 10.0 Å². The first-order valence-corrected chi connectivity index (χ1v) is 5.72. The fourth-order valence-corrected chi connectivity index (χ4v) is 1.85. The number of aliphatic hydroxyl groups is 1. The first-order valence-electron chi connectivity index (χ1n) is 5.72. The minimum absolute atomic E-state index is 0.127. The van der Waals surface area contributed by atoms with Crippen molar-refractivity contribution in [3.8, 4) is 0 Å². The lowest BCUT2D eigenvalue weighted by molar-refractivity contribution is -0.386. The molecule has 0 spiro atoms. The Morgan fingerprint density at radius 1 is 1.32 bits per heavy atom.